The molecular weight excluding hydrogens is 264 g/mol. The molecular formula is C17H24N2S. The Morgan fingerprint density at radius 1 is 1.10 bits per heavy atom. The molecule has 0 unspecified atom stereocenters. The zero-order chi connectivity index (χ0) is 14.9. The zero-order valence-corrected chi connectivity index (χ0v) is 14.1. The van der Waals surface area contributed by atoms with E-state index in [-0.39, 0.29) is 5.41 Å². The first-order valence-corrected chi connectivity index (χ1v) is 7.92. The first-order valence-electron chi connectivity index (χ1n) is 7.04. The van der Waals surface area contributed by atoms with Crippen LogP contribution >= 0.6 is 11.3 Å². The van der Waals surface area contributed by atoms with Crippen LogP contribution in [0.3, 0.4) is 0 Å². The Balaban J connectivity index is 2.12. The molecule has 20 heavy (non-hydrogen) atoms. The summed E-state index contributed by atoms with van der Waals surface area (Å²) in [5, 5.41) is 6.89. The summed E-state index contributed by atoms with van der Waals surface area (Å²) in [6.45, 7) is 13.9. The Morgan fingerprint density at radius 3 is 2.20 bits per heavy atom. The van der Waals surface area contributed by atoms with E-state index in [9.17, 15) is 0 Å². The molecule has 0 amide bonds. The summed E-state index contributed by atoms with van der Waals surface area (Å²) in [4.78, 5) is 4.73. The molecule has 1 N–H and O–H groups in total. The number of aryl methyl sites for hydroxylation is 3. The largest absolute Gasteiger partial charge is 0.379 e. The normalized spacial score (nSPS) is 11.7. The van der Waals surface area contributed by atoms with Crippen molar-refractivity contribution in [2.75, 3.05) is 5.32 Å². The highest BCUT2D eigenvalue weighted by Gasteiger charge is 2.17. The molecule has 3 heteroatoms. The van der Waals surface area contributed by atoms with Gasteiger partial charge in [0.2, 0.25) is 0 Å². The molecule has 0 fully saturated rings. The predicted octanol–water partition coefficient (Wildman–Crippen LogP) is 4.98. The number of nitrogens with zero attached hydrogens (tertiary/aromatic N) is 1. The van der Waals surface area contributed by atoms with E-state index in [2.05, 4.69) is 64.4 Å². The molecule has 0 aliphatic carbocycles. The van der Waals surface area contributed by atoms with Gasteiger partial charge in [0, 0.05) is 16.5 Å². The van der Waals surface area contributed by atoms with Crippen LogP contribution in [0.4, 0.5) is 5.69 Å². The van der Waals surface area contributed by atoms with Crippen LogP contribution < -0.4 is 5.32 Å². The number of thiazole rings is 1. The van der Waals surface area contributed by atoms with Gasteiger partial charge in [-0.1, -0.05) is 38.5 Å². The molecule has 2 aromatic rings. The van der Waals surface area contributed by atoms with Crippen molar-refractivity contribution in [3.8, 4) is 0 Å². The van der Waals surface area contributed by atoms with Crippen LogP contribution in [0.15, 0.2) is 17.5 Å². The monoisotopic (exact) mass is 288 g/mol. The molecule has 0 aliphatic heterocycles. The summed E-state index contributed by atoms with van der Waals surface area (Å²) in [6, 6.07) is 4.44. The van der Waals surface area contributed by atoms with E-state index in [0.717, 1.165) is 12.2 Å². The number of aromatic nitrogens is 1. The third-order valence-electron chi connectivity index (χ3n) is 3.32. The van der Waals surface area contributed by atoms with Gasteiger partial charge in [0.15, 0.2) is 0 Å². The molecule has 0 saturated carbocycles. The van der Waals surface area contributed by atoms with Gasteiger partial charge < -0.3 is 5.32 Å². The Hall–Kier alpha value is -1.35. The standard InChI is InChI=1S/C17H24N2S/c1-11-7-12(2)15(13(3)8-11)18-9-14-10-20-16(19-14)17(4,5)6/h7-8,10,18H,9H2,1-6H3. The SMILES string of the molecule is Cc1cc(C)c(NCc2csc(C(C)(C)C)n2)c(C)c1. The van der Waals surface area contributed by atoms with Gasteiger partial charge in [-0.2, -0.15) is 0 Å². The highest BCUT2D eigenvalue weighted by atomic mass is 32.1. The molecule has 2 nitrogen and oxygen atoms in total. The Labute approximate surface area is 126 Å². The minimum absolute atomic E-state index is 0.138. The Morgan fingerprint density at radius 2 is 1.70 bits per heavy atom. The fourth-order valence-corrected chi connectivity index (χ4v) is 3.28. The molecule has 0 saturated heterocycles. The highest BCUT2D eigenvalue weighted by molar-refractivity contribution is 7.09. The molecule has 2 rings (SSSR count). The summed E-state index contributed by atoms with van der Waals surface area (Å²) < 4.78 is 0. The highest BCUT2D eigenvalue weighted by Crippen LogP contribution is 2.27. The maximum atomic E-state index is 4.73. The van der Waals surface area contributed by atoms with Crippen LogP contribution in [0.2, 0.25) is 0 Å². The number of hydrogen-bond donors (Lipinski definition) is 1. The van der Waals surface area contributed by atoms with Crippen molar-refractivity contribution in [1.29, 1.82) is 0 Å². The molecule has 108 valence electrons. The van der Waals surface area contributed by atoms with E-state index in [1.807, 2.05) is 0 Å². The summed E-state index contributed by atoms with van der Waals surface area (Å²) in [7, 11) is 0. The van der Waals surface area contributed by atoms with Crippen LogP contribution in [-0.4, -0.2) is 4.98 Å². The van der Waals surface area contributed by atoms with Gasteiger partial charge in [0.05, 0.1) is 17.2 Å². The average molecular weight is 288 g/mol. The molecule has 1 heterocycles. The lowest BCUT2D eigenvalue weighted by molar-refractivity contribution is 0.583. The maximum Gasteiger partial charge on any atom is 0.0982 e. The fourth-order valence-electron chi connectivity index (χ4n) is 2.37. The third-order valence-corrected chi connectivity index (χ3v) is 4.63. The van der Waals surface area contributed by atoms with E-state index < -0.39 is 0 Å². The quantitative estimate of drug-likeness (QED) is 0.861. The van der Waals surface area contributed by atoms with Gasteiger partial charge in [-0.25, -0.2) is 4.98 Å². The van der Waals surface area contributed by atoms with E-state index in [1.165, 1.54) is 27.4 Å². The number of rotatable bonds is 3. The third kappa shape index (κ3) is 3.40. The summed E-state index contributed by atoms with van der Waals surface area (Å²) >= 11 is 1.75. The zero-order valence-electron chi connectivity index (χ0n) is 13.3. The lowest BCUT2D eigenvalue weighted by Gasteiger charge is -2.14. The second-order valence-electron chi connectivity index (χ2n) is 6.52. The molecule has 0 aliphatic rings. The van der Waals surface area contributed by atoms with Gasteiger partial charge in [-0.15, -0.1) is 11.3 Å². The molecule has 0 bridgehead atoms. The summed E-state index contributed by atoms with van der Waals surface area (Å²) in [5.74, 6) is 0. The van der Waals surface area contributed by atoms with Crippen molar-refractivity contribution in [2.45, 2.75) is 53.5 Å². The topological polar surface area (TPSA) is 24.9 Å². The first kappa shape index (κ1) is 15.0. The maximum absolute atomic E-state index is 4.73. The summed E-state index contributed by atoms with van der Waals surface area (Å²) in [5.41, 5.74) is 6.41. The van der Waals surface area contributed by atoms with Crippen molar-refractivity contribution >= 4 is 17.0 Å². The number of hydrogen-bond acceptors (Lipinski definition) is 3. The molecule has 1 aromatic heterocycles. The second kappa shape index (κ2) is 5.57. The van der Waals surface area contributed by atoms with Crippen molar-refractivity contribution in [1.82, 2.24) is 4.98 Å². The van der Waals surface area contributed by atoms with E-state index in [0.29, 0.717) is 0 Å². The van der Waals surface area contributed by atoms with E-state index >= 15 is 0 Å². The van der Waals surface area contributed by atoms with Crippen LogP contribution in [0.25, 0.3) is 0 Å². The van der Waals surface area contributed by atoms with Crippen LogP contribution in [-0.2, 0) is 12.0 Å². The minimum atomic E-state index is 0.138. The number of benzene rings is 1. The van der Waals surface area contributed by atoms with Gasteiger partial charge in [0.1, 0.15) is 0 Å². The molecule has 0 spiro atoms. The first-order chi connectivity index (χ1) is 9.27. The Kier molecular flexibility index (Phi) is 4.19. The average Bonchev–Trinajstić information content (AvgIpc) is 2.75. The van der Waals surface area contributed by atoms with E-state index in [1.54, 1.807) is 11.3 Å². The van der Waals surface area contributed by atoms with Gasteiger partial charge >= 0.3 is 0 Å². The van der Waals surface area contributed by atoms with Gasteiger partial charge in [-0.3, -0.25) is 0 Å². The van der Waals surface area contributed by atoms with Crippen molar-refractivity contribution in [2.24, 2.45) is 0 Å². The van der Waals surface area contributed by atoms with Crippen LogP contribution in [0.1, 0.15) is 48.2 Å². The predicted molar refractivity (Wildman–Crippen MR) is 88.8 cm³/mol. The van der Waals surface area contributed by atoms with Crippen molar-refractivity contribution in [3.63, 3.8) is 0 Å². The molecule has 0 radical (unpaired) electrons. The van der Waals surface area contributed by atoms with E-state index in [4.69, 9.17) is 4.98 Å². The lowest BCUT2D eigenvalue weighted by atomic mass is 9.98. The number of nitrogens with one attached hydrogen (secondary N) is 1. The summed E-state index contributed by atoms with van der Waals surface area (Å²) in [6.07, 6.45) is 0. The van der Waals surface area contributed by atoms with Crippen molar-refractivity contribution in [3.05, 3.63) is 44.9 Å². The number of anilines is 1. The fraction of sp³-hybridized carbons (Fsp3) is 0.471. The lowest BCUT2D eigenvalue weighted by Crippen LogP contribution is -2.11. The van der Waals surface area contributed by atoms with Crippen LogP contribution in [0, 0.1) is 20.8 Å². The molecule has 1 aromatic carbocycles. The van der Waals surface area contributed by atoms with Crippen LogP contribution in [0.5, 0.6) is 0 Å². The van der Waals surface area contributed by atoms with Crippen molar-refractivity contribution < 1.29 is 0 Å². The second-order valence-corrected chi connectivity index (χ2v) is 7.38. The minimum Gasteiger partial charge on any atom is -0.379 e. The smallest absolute Gasteiger partial charge is 0.0982 e. The van der Waals surface area contributed by atoms with Gasteiger partial charge in [0.25, 0.3) is 0 Å². The van der Waals surface area contributed by atoms with Gasteiger partial charge in [-0.05, 0) is 31.9 Å². The Bertz CT molecular complexity index is 583. The molecule has 0 atom stereocenters.